The number of hydrogen-bond donors (Lipinski definition) is 1. The van der Waals surface area contributed by atoms with Crippen molar-refractivity contribution in [3.63, 3.8) is 0 Å². The van der Waals surface area contributed by atoms with Gasteiger partial charge >= 0.3 is 5.97 Å². The molecule has 0 fully saturated rings. The molecule has 1 atom stereocenters. The standard InChI is InChI=1S/C11H12Cl2O3S/c12-9-3-1-4-10(13)8(9)7-17(16)6-2-5-11(14)15/h1,3-4H,2,5-7H2,(H,14,15). The minimum absolute atomic E-state index is 0.0298. The normalized spacial score (nSPS) is 12.4. The predicted molar refractivity (Wildman–Crippen MR) is 70.0 cm³/mol. The summed E-state index contributed by atoms with van der Waals surface area (Å²) in [7, 11) is -1.14. The highest BCUT2D eigenvalue weighted by Crippen LogP contribution is 2.25. The monoisotopic (exact) mass is 294 g/mol. The Labute approximate surface area is 112 Å². The highest BCUT2D eigenvalue weighted by Gasteiger charge is 2.10. The van der Waals surface area contributed by atoms with Crippen molar-refractivity contribution in [2.75, 3.05) is 5.75 Å². The first-order valence-corrected chi connectivity index (χ1v) is 7.24. The largest absolute Gasteiger partial charge is 0.481 e. The first-order chi connectivity index (χ1) is 8.00. The molecule has 3 nitrogen and oxygen atoms in total. The Morgan fingerprint density at radius 3 is 2.41 bits per heavy atom. The molecule has 0 saturated heterocycles. The molecule has 1 aromatic rings. The zero-order valence-electron chi connectivity index (χ0n) is 8.99. The van der Waals surface area contributed by atoms with Gasteiger partial charge < -0.3 is 5.11 Å². The van der Waals surface area contributed by atoms with Gasteiger partial charge in [0.15, 0.2) is 0 Å². The average Bonchev–Trinajstić information content (AvgIpc) is 2.23. The third-order valence-electron chi connectivity index (χ3n) is 2.13. The average molecular weight is 295 g/mol. The maximum Gasteiger partial charge on any atom is 0.303 e. The summed E-state index contributed by atoms with van der Waals surface area (Å²) in [4.78, 5) is 10.3. The van der Waals surface area contributed by atoms with Crippen LogP contribution >= 0.6 is 23.2 Å². The SMILES string of the molecule is O=C(O)CCCS(=O)Cc1c(Cl)cccc1Cl. The lowest BCUT2D eigenvalue weighted by molar-refractivity contribution is -0.137. The number of aliphatic carboxylic acids is 1. The molecule has 1 unspecified atom stereocenters. The van der Waals surface area contributed by atoms with Gasteiger partial charge in [0.05, 0.1) is 5.75 Å². The van der Waals surface area contributed by atoms with Crippen molar-refractivity contribution < 1.29 is 14.1 Å². The Bertz CT molecular complexity index is 414. The molecule has 0 spiro atoms. The molecule has 94 valence electrons. The molecule has 0 bridgehead atoms. The van der Waals surface area contributed by atoms with Crippen molar-refractivity contribution in [2.45, 2.75) is 18.6 Å². The quantitative estimate of drug-likeness (QED) is 0.877. The molecule has 1 N–H and O–H groups in total. The van der Waals surface area contributed by atoms with E-state index in [2.05, 4.69) is 0 Å². The Kier molecular flexibility index (Phi) is 5.95. The van der Waals surface area contributed by atoms with Crippen LogP contribution in [0.15, 0.2) is 18.2 Å². The van der Waals surface area contributed by atoms with E-state index in [9.17, 15) is 9.00 Å². The fourth-order valence-corrected chi connectivity index (χ4v) is 3.22. The van der Waals surface area contributed by atoms with Gasteiger partial charge in [-0.3, -0.25) is 9.00 Å². The third-order valence-corrected chi connectivity index (χ3v) is 4.19. The topological polar surface area (TPSA) is 54.4 Å². The molecular formula is C11H12Cl2O3S. The predicted octanol–water partition coefficient (Wildman–Crippen LogP) is 3.11. The van der Waals surface area contributed by atoms with Gasteiger partial charge in [0.1, 0.15) is 0 Å². The number of halogens is 2. The van der Waals surface area contributed by atoms with Gasteiger partial charge in [0, 0.05) is 38.6 Å². The van der Waals surface area contributed by atoms with Crippen LogP contribution in [0.25, 0.3) is 0 Å². The van der Waals surface area contributed by atoms with Gasteiger partial charge in [-0.25, -0.2) is 0 Å². The van der Waals surface area contributed by atoms with E-state index in [0.29, 0.717) is 27.8 Å². The maximum atomic E-state index is 11.7. The van der Waals surface area contributed by atoms with Gasteiger partial charge in [-0.2, -0.15) is 0 Å². The maximum absolute atomic E-state index is 11.7. The van der Waals surface area contributed by atoms with E-state index in [-0.39, 0.29) is 12.2 Å². The molecule has 0 aliphatic heterocycles. The van der Waals surface area contributed by atoms with Crippen LogP contribution in [0.1, 0.15) is 18.4 Å². The first-order valence-electron chi connectivity index (χ1n) is 5.00. The van der Waals surface area contributed by atoms with Crippen molar-refractivity contribution in [2.24, 2.45) is 0 Å². The molecule has 0 radical (unpaired) electrons. The van der Waals surface area contributed by atoms with Crippen LogP contribution in [-0.4, -0.2) is 21.0 Å². The molecular weight excluding hydrogens is 283 g/mol. The summed E-state index contributed by atoms with van der Waals surface area (Å²) in [5.74, 6) is -0.274. The molecule has 1 aromatic carbocycles. The lowest BCUT2D eigenvalue weighted by Crippen LogP contribution is -2.04. The molecule has 0 aromatic heterocycles. The number of rotatable bonds is 6. The molecule has 0 aliphatic carbocycles. The molecule has 0 amide bonds. The number of benzene rings is 1. The highest BCUT2D eigenvalue weighted by molar-refractivity contribution is 7.84. The second-order valence-corrected chi connectivity index (χ2v) is 5.88. The second-order valence-electron chi connectivity index (χ2n) is 3.49. The number of hydrogen-bond acceptors (Lipinski definition) is 2. The second kappa shape index (κ2) is 6.99. The van der Waals surface area contributed by atoms with Gasteiger partial charge in [-0.15, -0.1) is 0 Å². The fraction of sp³-hybridized carbons (Fsp3) is 0.364. The van der Waals surface area contributed by atoms with Crippen molar-refractivity contribution in [3.8, 4) is 0 Å². The third kappa shape index (κ3) is 5.06. The summed E-state index contributed by atoms with van der Waals surface area (Å²) >= 11 is 11.9. The number of carboxylic acid groups (broad SMARTS) is 1. The Morgan fingerprint density at radius 2 is 1.88 bits per heavy atom. The van der Waals surface area contributed by atoms with Gasteiger partial charge in [-0.05, 0) is 18.6 Å². The van der Waals surface area contributed by atoms with E-state index in [4.69, 9.17) is 28.3 Å². The Morgan fingerprint density at radius 1 is 1.29 bits per heavy atom. The number of carboxylic acids is 1. The van der Waals surface area contributed by atoms with Crippen LogP contribution in [0.4, 0.5) is 0 Å². The van der Waals surface area contributed by atoms with E-state index in [1.54, 1.807) is 18.2 Å². The smallest absolute Gasteiger partial charge is 0.303 e. The zero-order chi connectivity index (χ0) is 12.8. The Hall–Kier alpha value is -0.580. The van der Waals surface area contributed by atoms with Crippen LogP contribution in [0.3, 0.4) is 0 Å². The van der Waals surface area contributed by atoms with Crippen LogP contribution in [-0.2, 0) is 21.3 Å². The highest BCUT2D eigenvalue weighted by atomic mass is 35.5. The molecule has 17 heavy (non-hydrogen) atoms. The lowest BCUT2D eigenvalue weighted by Gasteiger charge is -2.06. The zero-order valence-corrected chi connectivity index (χ0v) is 11.3. The summed E-state index contributed by atoms with van der Waals surface area (Å²) < 4.78 is 11.7. The van der Waals surface area contributed by atoms with Gasteiger partial charge in [0.2, 0.25) is 0 Å². The van der Waals surface area contributed by atoms with Crippen LogP contribution in [0.5, 0.6) is 0 Å². The summed E-state index contributed by atoms with van der Waals surface area (Å²) in [6, 6.07) is 5.11. The number of carbonyl (C=O) groups is 1. The summed E-state index contributed by atoms with van der Waals surface area (Å²) in [5.41, 5.74) is 0.657. The van der Waals surface area contributed by atoms with Crippen LogP contribution in [0, 0.1) is 0 Å². The minimum atomic E-state index is -1.14. The van der Waals surface area contributed by atoms with Crippen LogP contribution in [0.2, 0.25) is 10.0 Å². The van der Waals surface area contributed by atoms with Gasteiger partial charge in [0.25, 0.3) is 0 Å². The molecule has 0 heterocycles. The molecule has 0 saturated carbocycles. The first kappa shape index (κ1) is 14.5. The van der Waals surface area contributed by atoms with Crippen molar-refractivity contribution in [1.29, 1.82) is 0 Å². The summed E-state index contributed by atoms with van der Waals surface area (Å²) in [5, 5.41) is 9.44. The van der Waals surface area contributed by atoms with Crippen molar-refractivity contribution in [1.82, 2.24) is 0 Å². The van der Waals surface area contributed by atoms with Gasteiger partial charge in [-0.1, -0.05) is 29.3 Å². The lowest BCUT2D eigenvalue weighted by atomic mass is 10.2. The molecule has 1 rings (SSSR count). The summed E-state index contributed by atoms with van der Waals surface area (Å²) in [6.45, 7) is 0. The van der Waals surface area contributed by atoms with E-state index in [1.165, 1.54) is 0 Å². The molecule has 0 aliphatic rings. The van der Waals surface area contributed by atoms with E-state index in [1.807, 2.05) is 0 Å². The molecule has 6 heteroatoms. The summed E-state index contributed by atoms with van der Waals surface area (Å²) in [6.07, 6.45) is 0.423. The van der Waals surface area contributed by atoms with Crippen molar-refractivity contribution >= 4 is 40.0 Å². The van der Waals surface area contributed by atoms with Crippen molar-refractivity contribution in [3.05, 3.63) is 33.8 Å². The Balaban J connectivity index is 2.53. The van der Waals surface area contributed by atoms with E-state index >= 15 is 0 Å². The van der Waals surface area contributed by atoms with Crippen LogP contribution < -0.4 is 0 Å². The van der Waals surface area contributed by atoms with E-state index in [0.717, 1.165) is 0 Å². The fourth-order valence-electron chi connectivity index (χ4n) is 1.29. The minimum Gasteiger partial charge on any atom is -0.481 e. The van der Waals surface area contributed by atoms with E-state index < -0.39 is 16.8 Å².